The normalized spacial score (nSPS) is 17.8. The molecule has 1 aliphatic rings. The lowest BCUT2D eigenvalue weighted by Crippen LogP contribution is -2.30. The van der Waals surface area contributed by atoms with Crippen molar-refractivity contribution in [3.63, 3.8) is 0 Å². The predicted octanol–water partition coefficient (Wildman–Crippen LogP) is 4.20. The number of benzene rings is 3. The van der Waals surface area contributed by atoms with Crippen molar-refractivity contribution < 1.29 is 19.4 Å². The molecule has 4 aromatic rings. The quantitative estimate of drug-likeness (QED) is 0.290. The van der Waals surface area contributed by atoms with Crippen molar-refractivity contribution >= 4 is 34.4 Å². The second-order valence-corrected chi connectivity index (χ2v) is 7.39. The Morgan fingerprint density at radius 3 is 2.50 bits per heavy atom. The minimum absolute atomic E-state index is 0.00471. The van der Waals surface area contributed by atoms with Crippen LogP contribution >= 0.6 is 0 Å². The first-order chi connectivity index (χ1) is 15.6. The van der Waals surface area contributed by atoms with Gasteiger partial charge in [-0.1, -0.05) is 54.6 Å². The lowest BCUT2D eigenvalue weighted by atomic mass is 9.95. The maximum absolute atomic E-state index is 13.2. The maximum atomic E-state index is 13.2. The number of aromatic amines is 1. The zero-order valence-corrected chi connectivity index (χ0v) is 17.1. The third kappa shape index (κ3) is 3.11. The molecule has 0 saturated carbocycles. The molecular formula is C25H19N3O4. The van der Waals surface area contributed by atoms with Gasteiger partial charge in [-0.15, -0.1) is 0 Å². The van der Waals surface area contributed by atoms with Gasteiger partial charge in [-0.3, -0.25) is 14.5 Å². The number of H-pyrrole nitrogens is 1. The van der Waals surface area contributed by atoms with E-state index in [0.29, 0.717) is 22.4 Å². The summed E-state index contributed by atoms with van der Waals surface area (Å²) < 4.78 is 5.24. The highest BCUT2D eigenvalue weighted by Gasteiger charge is 2.48. The number of hydrogen-bond acceptors (Lipinski definition) is 5. The van der Waals surface area contributed by atoms with Gasteiger partial charge < -0.3 is 14.8 Å². The van der Waals surface area contributed by atoms with Crippen molar-refractivity contribution in [3.05, 3.63) is 95.6 Å². The fourth-order valence-corrected chi connectivity index (χ4v) is 3.98. The number of para-hydroxylation sites is 2. The standard InChI is InChI=1S/C25H19N3O4/c1-32-17-11-7-10-16(14-17)22(29)20-21(15-8-3-2-4-9-15)28(24(31)23(20)30)25-26-18-12-5-6-13-19(18)27-25/h2-14,21,29H,1H3,(H,26,27)/b22-20+. The molecule has 0 aliphatic carbocycles. The van der Waals surface area contributed by atoms with E-state index in [0.717, 1.165) is 5.52 Å². The van der Waals surface area contributed by atoms with E-state index in [9.17, 15) is 14.7 Å². The first-order valence-corrected chi connectivity index (χ1v) is 10.0. The van der Waals surface area contributed by atoms with Crippen LogP contribution in [0.3, 0.4) is 0 Å². The molecule has 7 heteroatoms. The van der Waals surface area contributed by atoms with Crippen LogP contribution in [0.4, 0.5) is 5.95 Å². The molecule has 1 fully saturated rings. The highest BCUT2D eigenvalue weighted by atomic mass is 16.5. The topological polar surface area (TPSA) is 95.5 Å². The van der Waals surface area contributed by atoms with Gasteiger partial charge in [0.15, 0.2) is 0 Å². The number of carbonyl (C=O) groups excluding carboxylic acids is 2. The van der Waals surface area contributed by atoms with Crippen molar-refractivity contribution in [2.75, 3.05) is 12.0 Å². The lowest BCUT2D eigenvalue weighted by molar-refractivity contribution is -0.132. The zero-order chi connectivity index (χ0) is 22.2. The number of imidazole rings is 1. The number of fused-ring (bicyclic) bond motifs is 1. The van der Waals surface area contributed by atoms with E-state index in [1.165, 1.54) is 12.0 Å². The van der Waals surface area contributed by atoms with Crippen LogP contribution in [0.25, 0.3) is 16.8 Å². The van der Waals surface area contributed by atoms with E-state index in [-0.39, 0.29) is 17.3 Å². The number of ether oxygens (including phenoxy) is 1. The van der Waals surface area contributed by atoms with Crippen LogP contribution < -0.4 is 9.64 Å². The molecule has 3 aromatic carbocycles. The number of amides is 1. The van der Waals surface area contributed by atoms with Gasteiger partial charge >= 0.3 is 5.91 Å². The molecule has 0 radical (unpaired) electrons. The summed E-state index contributed by atoms with van der Waals surface area (Å²) in [6, 6.07) is 22.3. The second-order valence-electron chi connectivity index (χ2n) is 7.39. The summed E-state index contributed by atoms with van der Waals surface area (Å²) in [6.45, 7) is 0. The Morgan fingerprint density at radius 1 is 1.00 bits per heavy atom. The van der Waals surface area contributed by atoms with Crippen molar-refractivity contribution in [1.29, 1.82) is 0 Å². The third-order valence-electron chi connectivity index (χ3n) is 5.51. The van der Waals surface area contributed by atoms with Gasteiger partial charge in [0.05, 0.1) is 29.8 Å². The van der Waals surface area contributed by atoms with Gasteiger partial charge in [0.25, 0.3) is 5.78 Å². The van der Waals surface area contributed by atoms with Crippen molar-refractivity contribution in [2.45, 2.75) is 6.04 Å². The number of ketones is 1. The minimum Gasteiger partial charge on any atom is -0.507 e. The first kappa shape index (κ1) is 19.6. The number of nitrogens with zero attached hydrogens (tertiary/aromatic N) is 2. The summed E-state index contributed by atoms with van der Waals surface area (Å²) in [5, 5.41) is 11.2. The molecule has 1 saturated heterocycles. The Balaban J connectivity index is 1.73. The van der Waals surface area contributed by atoms with Crippen molar-refractivity contribution in [1.82, 2.24) is 9.97 Å². The number of aliphatic hydroxyl groups excluding tert-OH is 1. The lowest BCUT2D eigenvalue weighted by Gasteiger charge is -2.23. The highest BCUT2D eigenvalue weighted by molar-refractivity contribution is 6.51. The van der Waals surface area contributed by atoms with E-state index < -0.39 is 17.7 Å². The van der Waals surface area contributed by atoms with E-state index in [1.807, 2.05) is 54.6 Å². The molecule has 5 rings (SSSR count). The monoisotopic (exact) mass is 425 g/mol. The molecule has 2 N–H and O–H groups in total. The summed E-state index contributed by atoms with van der Waals surface area (Å²) in [5.41, 5.74) is 2.47. The molecule has 1 aromatic heterocycles. The molecule has 1 amide bonds. The van der Waals surface area contributed by atoms with Crippen LogP contribution in [0.5, 0.6) is 5.75 Å². The number of aromatic nitrogens is 2. The van der Waals surface area contributed by atoms with E-state index >= 15 is 0 Å². The maximum Gasteiger partial charge on any atom is 0.302 e. The van der Waals surface area contributed by atoms with E-state index in [1.54, 1.807) is 24.3 Å². The Kier molecular flexibility index (Phi) is 4.71. The third-order valence-corrected chi connectivity index (χ3v) is 5.51. The SMILES string of the molecule is COc1cccc(/C(O)=C2\C(=O)C(=O)N(c3nc4ccccc4[nH]3)C2c2ccccc2)c1. The molecule has 1 aliphatic heterocycles. The molecule has 0 bridgehead atoms. The molecule has 32 heavy (non-hydrogen) atoms. The van der Waals surface area contributed by atoms with Crippen LogP contribution in [-0.4, -0.2) is 33.9 Å². The number of rotatable bonds is 4. The van der Waals surface area contributed by atoms with Crippen molar-refractivity contribution in [3.8, 4) is 5.75 Å². The molecule has 158 valence electrons. The average molecular weight is 425 g/mol. The smallest absolute Gasteiger partial charge is 0.302 e. The van der Waals surface area contributed by atoms with Crippen LogP contribution in [-0.2, 0) is 9.59 Å². The number of aliphatic hydroxyl groups is 1. The summed E-state index contributed by atoms with van der Waals surface area (Å²) in [5.74, 6) is -1.04. The molecule has 7 nitrogen and oxygen atoms in total. The molecule has 1 unspecified atom stereocenters. The Morgan fingerprint density at radius 2 is 1.75 bits per heavy atom. The number of nitrogens with one attached hydrogen (secondary N) is 1. The van der Waals surface area contributed by atoms with E-state index in [4.69, 9.17) is 4.74 Å². The molecule has 1 atom stereocenters. The number of Topliss-reactive ketones (excluding diaryl/α,β-unsaturated/α-hetero) is 1. The fraction of sp³-hybridized carbons (Fsp3) is 0.0800. The number of hydrogen-bond donors (Lipinski definition) is 2. The number of anilines is 1. The highest BCUT2D eigenvalue weighted by Crippen LogP contribution is 2.41. The first-order valence-electron chi connectivity index (χ1n) is 10.0. The van der Waals surface area contributed by atoms with Gasteiger partial charge in [0.2, 0.25) is 5.95 Å². The predicted molar refractivity (Wildman–Crippen MR) is 120 cm³/mol. The fourth-order valence-electron chi connectivity index (χ4n) is 3.98. The Bertz CT molecular complexity index is 1340. The van der Waals surface area contributed by atoms with Crippen molar-refractivity contribution in [2.24, 2.45) is 0 Å². The van der Waals surface area contributed by atoms with Gasteiger partial charge in [0, 0.05) is 5.56 Å². The second kappa shape index (κ2) is 7.70. The molecular weight excluding hydrogens is 406 g/mol. The van der Waals surface area contributed by atoms with Crippen LogP contribution in [0.1, 0.15) is 17.2 Å². The minimum atomic E-state index is -0.844. The summed E-state index contributed by atoms with van der Waals surface area (Å²) in [6.07, 6.45) is 0. The van der Waals surface area contributed by atoms with Gasteiger partial charge in [-0.25, -0.2) is 4.98 Å². The van der Waals surface area contributed by atoms with E-state index in [2.05, 4.69) is 9.97 Å². The molecule has 2 heterocycles. The molecule has 0 spiro atoms. The largest absolute Gasteiger partial charge is 0.507 e. The average Bonchev–Trinajstić information content (AvgIpc) is 3.37. The Labute approximate surface area is 183 Å². The van der Waals surface area contributed by atoms with Crippen LogP contribution in [0.2, 0.25) is 0 Å². The van der Waals surface area contributed by atoms with Gasteiger partial charge in [0.1, 0.15) is 11.5 Å². The van der Waals surface area contributed by atoms with Gasteiger partial charge in [-0.2, -0.15) is 0 Å². The number of carbonyl (C=O) groups is 2. The van der Waals surface area contributed by atoms with Crippen LogP contribution in [0, 0.1) is 0 Å². The summed E-state index contributed by atoms with van der Waals surface area (Å²) in [4.78, 5) is 35.3. The Hall–Kier alpha value is -4.39. The summed E-state index contributed by atoms with van der Waals surface area (Å²) >= 11 is 0. The van der Waals surface area contributed by atoms with Crippen LogP contribution in [0.15, 0.2) is 84.4 Å². The zero-order valence-electron chi connectivity index (χ0n) is 17.1. The number of methoxy groups -OCH3 is 1. The summed E-state index contributed by atoms with van der Waals surface area (Å²) in [7, 11) is 1.52. The van der Waals surface area contributed by atoms with Gasteiger partial charge in [-0.05, 0) is 29.8 Å².